The molecule has 2 nitrogen and oxygen atoms in total. The van der Waals surface area contributed by atoms with E-state index < -0.39 is 6.10 Å². The van der Waals surface area contributed by atoms with E-state index >= 15 is 0 Å². The monoisotopic (exact) mass is 268 g/mol. The maximum Gasteiger partial charge on any atom is 0.125 e. The van der Waals surface area contributed by atoms with Gasteiger partial charge in [-0.05, 0) is 42.1 Å². The van der Waals surface area contributed by atoms with Crippen molar-refractivity contribution in [3.63, 3.8) is 0 Å². The Morgan fingerprint density at radius 2 is 2.12 bits per heavy atom. The van der Waals surface area contributed by atoms with Crippen LogP contribution < -0.4 is 4.74 Å². The number of hydrogen-bond donors (Lipinski definition) is 1. The number of hydrogen-bond acceptors (Lipinski definition) is 3. The van der Waals surface area contributed by atoms with Crippen LogP contribution in [-0.2, 0) is 0 Å². The van der Waals surface area contributed by atoms with Gasteiger partial charge in [0.05, 0.1) is 7.11 Å². The van der Waals surface area contributed by atoms with Crippen LogP contribution in [0.25, 0.3) is 0 Å². The molecule has 0 aliphatic rings. The number of aliphatic hydroxyl groups excluding tert-OH is 1. The molecule has 1 aromatic carbocycles. The van der Waals surface area contributed by atoms with Gasteiger partial charge in [-0.3, -0.25) is 0 Å². The minimum absolute atomic E-state index is 0.590. The van der Waals surface area contributed by atoms with Gasteiger partial charge < -0.3 is 9.84 Å². The summed E-state index contributed by atoms with van der Waals surface area (Å²) in [6.45, 7) is 2.01. The predicted molar refractivity (Wildman–Crippen MR) is 71.1 cm³/mol. The quantitative estimate of drug-likeness (QED) is 0.917. The zero-order chi connectivity index (χ0) is 12.4. The van der Waals surface area contributed by atoms with Gasteiger partial charge in [-0.15, -0.1) is 11.3 Å². The number of rotatable bonds is 3. The molecule has 0 bridgehead atoms. The van der Waals surface area contributed by atoms with Crippen molar-refractivity contribution in [2.75, 3.05) is 7.11 Å². The largest absolute Gasteiger partial charge is 0.496 e. The zero-order valence-electron chi connectivity index (χ0n) is 9.61. The van der Waals surface area contributed by atoms with Gasteiger partial charge in [0.1, 0.15) is 11.9 Å². The predicted octanol–water partition coefficient (Wildman–Crippen LogP) is 3.80. The SMILES string of the molecule is COc1ccc(Cl)cc1C(O)c1csc(C)c1. The maximum absolute atomic E-state index is 10.3. The van der Waals surface area contributed by atoms with Gasteiger partial charge in [-0.1, -0.05) is 11.6 Å². The lowest BCUT2D eigenvalue weighted by molar-refractivity contribution is 0.215. The third-order valence-electron chi connectivity index (χ3n) is 2.55. The van der Waals surface area contributed by atoms with E-state index in [9.17, 15) is 5.11 Å². The number of benzene rings is 1. The maximum atomic E-state index is 10.3. The number of ether oxygens (including phenoxy) is 1. The van der Waals surface area contributed by atoms with Gasteiger partial charge in [0, 0.05) is 15.5 Å². The molecular weight excluding hydrogens is 256 g/mol. The van der Waals surface area contributed by atoms with Crippen molar-refractivity contribution in [2.45, 2.75) is 13.0 Å². The Morgan fingerprint density at radius 3 is 2.71 bits per heavy atom. The lowest BCUT2D eigenvalue weighted by Crippen LogP contribution is -2.01. The Bertz CT molecular complexity index is 522. The van der Waals surface area contributed by atoms with E-state index in [1.807, 2.05) is 18.4 Å². The Kier molecular flexibility index (Phi) is 3.72. The smallest absolute Gasteiger partial charge is 0.125 e. The third kappa shape index (κ3) is 2.63. The summed E-state index contributed by atoms with van der Waals surface area (Å²) in [7, 11) is 1.58. The van der Waals surface area contributed by atoms with E-state index in [0.29, 0.717) is 16.3 Å². The fraction of sp³-hybridized carbons (Fsp3) is 0.231. The summed E-state index contributed by atoms with van der Waals surface area (Å²) in [6, 6.07) is 7.21. The van der Waals surface area contributed by atoms with Crippen LogP contribution in [-0.4, -0.2) is 12.2 Å². The molecule has 1 atom stereocenters. The van der Waals surface area contributed by atoms with Gasteiger partial charge in [0.25, 0.3) is 0 Å². The fourth-order valence-corrected chi connectivity index (χ4v) is 2.61. The van der Waals surface area contributed by atoms with Crippen LogP contribution in [0.3, 0.4) is 0 Å². The highest BCUT2D eigenvalue weighted by molar-refractivity contribution is 7.10. The highest BCUT2D eigenvalue weighted by Gasteiger charge is 2.16. The van der Waals surface area contributed by atoms with E-state index in [-0.39, 0.29) is 0 Å². The summed E-state index contributed by atoms with van der Waals surface area (Å²) in [5.74, 6) is 0.644. The summed E-state index contributed by atoms with van der Waals surface area (Å²) in [5, 5.41) is 12.8. The molecule has 2 aromatic rings. The topological polar surface area (TPSA) is 29.5 Å². The summed E-state index contributed by atoms with van der Waals surface area (Å²) < 4.78 is 5.23. The second-order valence-electron chi connectivity index (χ2n) is 3.78. The first-order chi connectivity index (χ1) is 8.11. The molecule has 0 spiro atoms. The van der Waals surface area contributed by atoms with E-state index in [2.05, 4.69) is 0 Å². The summed E-state index contributed by atoms with van der Waals surface area (Å²) in [4.78, 5) is 1.17. The van der Waals surface area contributed by atoms with Crippen LogP contribution in [0.2, 0.25) is 5.02 Å². The first kappa shape index (κ1) is 12.4. The number of aliphatic hydroxyl groups is 1. The second kappa shape index (κ2) is 5.08. The Morgan fingerprint density at radius 1 is 1.35 bits per heavy atom. The lowest BCUT2D eigenvalue weighted by atomic mass is 10.0. The Hall–Kier alpha value is -1.03. The molecular formula is C13H13ClO2S. The highest BCUT2D eigenvalue weighted by atomic mass is 35.5. The molecule has 1 unspecified atom stereocenters. The molecule has 2 rings (SSSR count). The van der Waals surface area contributed by atoms with Crippen LogP contribution in [0, 0.1) is 6.92 Å². The normalized spacial score (nSPS) is 12.5. The second-order valence-corrected chi connectivity index (χ2v) is 5.33. The van der Waals surface area contributed by atoms with Gasteiger partial charge in [-0.2, -0.15) is 0 Å². The molecule has 4 heteroatoms. The van der Waals surface area contributed by atoms with E-state index in [1.54, 1.807) is 36.6 Å². The van der Waals surface area contributed by atoms with E-state index in [0.717, 1.165) is 5.56 Å². The summed E-state index contributed by atoms with van der Waals surface area (Å²) in [6.07, 6.45) is -0.700. The zero-order valence-corrected chi connectivity index (χ0v) is 11.2. The van der Waals surface area contributed by atoms with Gasteiger partial charge in [0.2, 0.25) is 0 Å². The molecule has 0 radical (unpaired) electrons. The van der Waals surface area contributed by atoms with Crippen molar-refractivity contribution in [2.24, 2.45) is 0 Å². The standard InChI is InChI=1S/C13H13ClO2S/c1-8-5-9(7-17-8)13(15)11-6-10(14)3-4-12(11)16-2/h3-7,13,15H,1-2H3. The molecule has 0 aliphatic heterocycles. The third-order valence-corrected chi connectivity index (χ3v) is 3.67. The van der Waals surface area contributed by atoms with Crippen molar-refractivity contribution in [1.29, 1.82) is 0 Å². The molecule has 90 valence electrons. The Labute approximate surface area is 109 Å². The van der Waals surface area contributed by atoms with Crippen molar-refractivity contribution in [3.05, 3.63) is 50.7 Å². The first-order valence-corrected chi connectivity index (χ1v) is 6.44. The molecule has 0 saturated carbocycles. The average Bonchev–Trinajstić information content (AvgIpc) is 2.75. The number of thiophene rings is 1. The van der Waals surface area contributed by atoms with Crippen LogP contribution in [0.4, 0.5) is 0 Å². The van der Waals surface area contributed by atoms with Crippen LogP contribution >= 0.6 is 22.9 Å². The molecule has 0 saturated heterocycles. The van der Waals surface area contributed by atoms with Crippen LogP contribution in [0.5, 0.6) is 5.75 Å². The average molecular weight is 269 g/mol. The van der Waals surface area contributed by atoms with E-state index in [4.69, 9.17) is 16.3 Å². The molecule has 1 N–H and O–H groups in total. The molecule has 0 aliphatic carbocycles. The lowest BCUT2D eigenvalue weighted by Gasteiger charge is -2.14. The van der Waals surface area contributed by atoms with Crippen LogP contribution in [0.1, 0.15) is 22.1 Å². The van der Waals surface area contributed by atoms with Crippen molar-refractivity contribution in [3.8, 4) is 5.75 Å². The van der Waals surface area contributed by atoms with Gasteiger partial charge >= 0.3 is 0 Å². The minimum Gasteiger partial charge on any atom is -0.496 e. The number of aryl methyl sites for hydroxylation is 1. The molecule has 0 amide bonds. The number of methoxy groups -OCH3 is 1. The molecule has 0 fully saturated rings. The molecule has 1 heterocycles. The summed E-state index contributed by atoms with van der Waals surface area (Å²) >= 11 is 7.56. The van der Waals surface area contributed by atoms with Crippen molar-refractivity contribution in [1.82, 2.24) is 0 Å². The van der Waals surface area contributed by atoms with Gasteiger partial charge in [-0.25, -0.2) is 0 Å². The van der Waals surface area contributed by atoms with E-state index in [1.165, 1.54) is 4.88 Å². The Balaban J connectivity index is 2.42. The first-order valence-electron chi connectivity index (χ1n) is 5.18. The van der Waals surface area contributed by atoms with Gasteiger partial charge in [0.15, 0.2) is 0 Å². The number of halogens is 1. The fourth-order valence-electron chi connectivity index (χ4n) is 1.71. The van der Waals surface area contributed by atoms with Crippen molar-refractivity contribution >= 4 is 22.9 Å². The minimum atomic E-state index is -0.700. The molecule has 17 heavy (non-hydrogen) atoms. The molecule has 1 aromatic heterocycles. The van der Waals surface area contributed by atoms with Crippen LogP contribution in [0.15, 0.2) is 29.6 Å². The highest BCUT2D eigenvalue weighted by Crippen LogP contribution is 2.33. The van der Waals surface area contributed by atoms with Crippen molar-refractivity contribution < 1.29 is 9.84 Å². The summed E-state index contributed by atoms with van der Waals surface area (Å²) in [5.41, 5.74) is 1.56.